The van der Waals surface area contributed by atoms with Crippen molar-refractivity contribution >= 4 is 0 Å². The SMILES string of the molecule is CC1=CCCN(C)C[C@@H]1C. The third kappa shape index (κ3) is 1.84. The average Bonchev–Trinajstić information content (AvgIpc) is 1.96. The third-order valence-corrected chi connectivity index (χ3v) is 2.34. The van der Waals surface area contributed by atoms with Crippen molar-refractivity contribution in [1.29, 1.82) is 0 Å². The molecule has 0 N–H and O–H groups in total. The molecule has 1 atom stereocenters. The van der Waals surface area contributed by atoms with Crippen LogP contribution in [0.15, 0.2) is 11.6 Å². The summed E-state index contributed by atoms with van der Waals surface area (Å²) >= 11 is 0. The van der Waals surface area contributed by atoms with Crippen LogP contribution in [-0.4, -0.2) is 25.0 Å². The first-order chi connectivity index (χ1) is 4.70. The Morgan fingerprint density at radius 2 is 2.30 bits per heavy atom. The van der Waals surface area contributed by atoms with Gasteiger partial charge in [-0.1, -0.05) is 18.6 Å². The summed E-state index contributed by atoms with van der Waals surface area (Å²) in [5.74, 6) is 0.757. The highest BCUT2D eigenvalue weighted by Crippen LogP contribution is 2.15. The van der Waals surface area contributed by atoms with Gasteiger partial charge in [0.15, 0.2) is 0 Å². The van der Waals surface area contributed by atoms with Crippen molar-refractivity contribution in [2.45, 2.75) is 20.3 Å². The lowest BCUT2D eigenvalue weighted by atomic mass is 10.0. The van der Waals surface area contributed by atoms with E-state index in [1.165, 1.54) is 19.5 Å². The maximum absolute atomic E-state index is 2.40. The summed E-state index contributed by atoms with van der Waals surface area (Å²) in [7, 11) is 2.20. The second kappa shape index (κ2) is 3.20. The number of nitrogens with zero attached hydrogens (tertiary/aromatic N) is 1. The summed E-state index contributed by atoms with van der Waals surface area (Å²) in [6.45, 7) is 6.99. The van der Waals surface area contributed by atoms with Gasteiger partial charge in [-0.05, 0) is 26.3 Å². The second-order valence-corrected chi connectivity index (χ2v) is 3.40. The van der Waals surface area contributed by atoms with Gasteiger partial charge in [-0.25, -0.2) is 0 Å². The van der Waals surface area contributed by atoms with E-state index in [4.69, 9.17) is 0 Å². The fourth-order valence-corrected chi connectivity index (χ4v) is 1.42. The lowest BCUT2D eigenvalue weighted by Crippen LogP contribution is -2.23. The molecular formula is C9H17N. The fourth-order valence-electron chi connectivity index (χ4n) is 1.42. The van der Waals surface area contributed by atoms with Crippen molar-refractivity contribution in [3.8, 4) is 0 Å². The maximum atomic E-state index is 2.40. The summed E-state index contributed by atoms with van der Waals surface area (Å²) < 4.78 is 0. The minimum absolute atomic E-state index is 0.757. The van der Waals surface area contributed by atoms with Crippen LogP contribution in [0.2, 0.25) is 0 Å². The van der Waals surface area contributed by atoms with E-state index in [9.17, 15) is 0 Å². The standard InChI is InChI=1S/C9H17N/c1-8-5-4-6-10(3)7-9(8)2/h5,9H,4,6-7H2,1-3H3/t9-/m0/s1. The van der Waals surface area contributed by atoms with E-state index < -0.39 is 0 Å². The minimum atomic E-state index is 0.757. The molecule has 58 valence electrons. The topological polar surface area (TPSA) is 3.24 Å². The van der Waals surface area contributed by atoms with Crippen LogP contribution in [0.25, 0.3) is 0 Å². The van der Waals surface area contributed by atoms with Crippen molar-refractivity contribution in [2.75, 3.05) is 20.1 Å². The summed E-state index contributed by atoms with van der Waals surface area (Å²) in [6, 6.07) is 0. The summed E-state index contributed by atoms with van der Waals surface area (Å²) in [6.07, 6.45) is 3.60. The van der Waals surface area contributed by atoms with E-state index in [1.54, 1.807) is 5.57 Å². The molecule has 0 unspecified atom stereocenters. The van der Waals surface area contributed by atoms with Crippen LogP contribution in [0, 0.1) is 5.92 Å². The molecule has 1 rings (SSSR count). The molecule has 0 fully saturated rings. The Kier molecular flexibility index (Phi) is 2.50. The molecule has 1 nitrogen and oxygen atoms in total. The smallest absolute Gasteiger partial charge is 0.00413 e. The van der Waals surface area contributed by atoms with Gasteiger partial charge in [0.2, 0.25) is 0 Å². The summed E-state index contributed by atoms with van der Waals surface area (Å²) in [5.41, 5.74) is 1.56. The summed E-state index contributed by atoms with van der Waals surface area (Å²) in [5, 5.41) is 0. The van der Waals surface area contributed by atoms with Gasteiger partial charge < -0.3 is 4.90 Å². The second-order valence-electron chi connectivity index (χ2n) is 3.40. The Morgan fingerprint density at radius 1 is 1.60 bits per heavy atom. The van der Waals surface area contributed by atoms with Gasteiger partial charge in [-0.3, -0.25) is 0 Å². The Bertz CT molecular complexity index is 138. The molecule has 1 aliphatic heterocycles. The maximum Gasteiger partial charge on any atom is 0.00413 e. The Hall–Kier alpha value is -0.300. The molecule has 1 heterocycles. The zero-order valence-electron chi connectivity index (χ0n) is 7.22. The molecule has 0 aliphatic carbocycles. The molecular weight excluding hydrogens is 122 g/mol. The first-order valence-electron chi connectivity index (χ1n) is 4.05. The highest BCUT2D eigenvalue weighted by atomic mass is 15.1. The third-order valence-electron chi connectivity index (χ3n) is 2.34. The van der Waals surface area contributed by atoms with E-state index in [0.29, 0.717) is 0 Å². The van der Waals surface area contributed by atoms with Gasteiger partial charge in [0.05, 0.1) is 0 Å². The van der Waals surface area contributed by atoms with Crippen LogP contribution in [0.4, 0.5) is 0 Å². The molecule has 0 aromatic carbocycles. The first kappa shape index (κ1) is 7.80. The predicted molar refractivity (Wildman–Crippen MR) is 45.0 cm³/mol. The van der Waals surface area contributed by atoms with Gasteiger partial charge in [-0.2, -0.15) is 0 Å². The molecule has 10 heavy (non-hydrogen) atoms. The van der Waals surface area contributed by atoms with E-state index in [2.05, 4.69) is 31.9 Å². The van der Waals surface area contributed by atoms with E-state index in [1.807, 2.05) is 0 Å². The van der Waals surface area contributed by atoms with E-state index in [-0.39, 0.29) is 0 Å². The molecule has 0 saturated carbocycles. The molecule has 0 spiro atoms. The molecule has 0 saturated heterocycles. The highest BCUT2D eigenvalue weighted by molar-refractivity contribution is 5.04. The van der Waals surface area contributed by atoms with Crippen LogP contribution in [-0.2, 0) is 0 Å². The first-order valence-corrected chi connectivity index (χ1v) is 4.05. The molecule has 0 amide bonds. The monoisotopic (exact) mass is 139 g/mol. The summed E-state index contributed by atoms with van der Waals surface area (Å²) in [4.78, 5) is 2.40. The Balaban J connectivity index is 2.55. The van der Waals surface area contributed by atoms with Crippen molar-refractivity contribution in [3.05, 3.63) is 11.6 Å². The molecule has 0 aromatic rings. The number of hydrogen-bond donors (Lipinski definition) is 0. The Labute approximate surface area is 63.7 Å². The van der Waals surface area contributed by atoms with Crippen molar-refractivity contribution in [1.82, 2.24) is 4.90 Å². The van der Waals surface area contributed by atoms with Crippen molar-refractivity contribution in [3.63, 3.8) is 0 Å². The zero-order valence-corrected chi connectivity index (χ0v) is 7.22. The fraction of sp³-hybridized carbons (Fsp3) is 0.778. The predicted octanol–water partition coefficient (Wildman–Crippen LogP) is 1.90. The van der Waals surface area contributed by atoms with E-state index >= 15 is 0 Å². The molecule has 0 aromatic heterocycles. The van der Waals surface area contributed by atoms with Crippen LogP contribution < -0.4 is 0 Å². The lowest BCUT2D eigenvalue weighted by Gasteiger charge is -2.17. The van der Waals surface area contributed by atoms with Gasteiger partial charge in [0, 0.05) is 13.1 Å². The van der Waals surface area contributed by atoms with Crippen LogP contribution in [0.3, 0.4) is 0 Å². The van der Waals surface area contributed by atoms with Gasteiger partial charge in [-0.15, -0.1) is 0 Å². The quantitative estimate of drug-likeness (QED) is 0.463. The van der Waals surface area contributed by atoms with Crippen molar-refractivity contribution < 1.29 is 0 Å². The number of hydrogen-bond acceptors (Lipinski definition) is 1. The van der Waals surface area contributed by atoms with Crippen molar-refractivity contribution in [2.24, 2.45) is 5.92 Å². The van der Waals surface area contributed by atoms with E-state index in [0.717, 1.165) is 5.92 Å². The molecule has 1 heteroatoms. The molecule has 1 aliphatic rings. The van der Waals surface area contributed by atoms with Crippen LogP contribution >= 0.6 is 0 Å². The average molecular weight is 139 g/mol. The minimum Gasteiger partial charge on any atom is -0.305 e. The molecule has 0 radical (unpaired) electrons. The van der Waals surface area contributed by atoms with Crippen LogP contribution in [0.1, 0.15) is 20.3 Å². The van der Waals surface area contributed by atoms with Gasteiger partial charge in [0.25, 0.3) is 0 Å². The normalized spacial score (nSPS) is 29.5. The van der Waals surface area contributed by atoms with Gasteiger partial charge in [0.1, 0.15) is 0 Å². The zero-order chi connectivity index (χ0) is 7.56. The lowest BCUT2D eigenvalue weighted by molar-refractivity contribution is 0.318. The molecule has 0 bridgehead atoms. The van der Waals surface area contributed by atoms with Gasteiger partial charge >= 0.3 is 0 Å². The largest absolute Gasteiger partial charge is 0.305 e. The Morgan fingerprint density at radius 3 is 3.00 bits per heavy atom. The van der Waals surface area contributed by atoms with Crippen LogP contribution in [0.5, 0.6) is 0 Å². The highest BCUT2D eigenvalue weighted by Gasteiger charge is 2.10. The number of rotatable bonds is 0.